The topological polar surface area (TPSA) is 155 Å². The van der Waals surface area contributed by atoms with Gasteiger partial charge in [0.05, 0.1) is 90.0 Å². The minimum atomic E-state index is -1.39. The maximum Gasteiger partial charge on any atom is 0.110 e. The predicted octanol–water partition coefficient (Wildman–Crippen LogP) is 4.26. The van der Waals surface area contributed by atoms with Crippen molar-refractivity contribution in [2.45, 2.75) is 145 Å². The molecular weight excluding hydrogens is 600 g/mol. The third-order valence-corrected chi connectivity index (χ3v) is 5.18. The van der Waals surface area contributed by atoms with Crippen LogP contribution >= 0.6 is 0 Å². The van der Waals surface area contributed by atoms with E-state index < -0.39 is 24.4 Å². The van der Waals surface area contributed by atoms with Gasteiger partial charge in [0.15, 0.2) is 0 Å². The Morgan fingerprint density at radius 3 is 1.17 bits per heavy atom. The van der Waals surface area contributed by atoms with Crippen LogP contribution in [0.5, 0.6) is 0 Å². The average Bonchev–Trinajstić information content (AvgIpc) is 2.99. The minimum absolute atomic E-state index is 0. The van der Waals surface area contributed by atoms with Gasteiger partial charge in [-0.3, -0.25) is 0 Å². The summed E-state index contributed by atoms with van der Waals surface area (Å²) in [7, 11) is 1.66. The fraction of sp³-hybridized carbons (Fsp3) is 1.00. The number of hydrogen-bond donors (Lipinski definition) is 4. The van der Waals surface area contributed by atoms with Gasteiger partial charge in [-0.25, -0.2) is 0 Å². The van der Waals surface area contributed by atoms with Gasteiger partial charge in [-0.05, 0) is 75.2 Å². The van der Waals surface area contributed by atoms with Crippen LogP contribution in [0.15, 0.2) is 0 Å². The Hall–Kier alpha value is -0.480. The van der Waals surface area contributed by atoms with Crippen molar-refractivity contribution in [3.8, 4) is 0 Å². The van der Waals surface area contributed by atoms with Gasteiger partial charge in [0.2, 0.25) is 0 Å². The van der Waals surface area contributed by atoms with Gasteiger partial charge in [-0.2, -0.15) is 0 Å². The highest BCUT2D eigenvalue weighted by Gasteiger charge is 2.29. The molecule has 0 bridgehead atoms. The third-order valence-electron chi connectivity index (χ3n) is 5.18. The largest absolute Gasteiger partial charge is 0.390 e. The van der Waals surface area contributed by atoms with Crippen LogP contribution in [0.25, 0.3) is 0 Å². The molecule has 0 aromatic heterocycles. The molecule has 0 radical (unpaired) electrons. The van der Waals surface area contributed by atoms with Crippen LogP contribution in [0.3, 0.4) is 0 Å². The van der Waals surface area contributed by atoms with Crippen LogP contribution in [0.2, 0.25) is 0 Å². The van der Waals surface area contributed by atoms with Crippen molar-refractivity contribution < 1.29 is 58.3 Å². The number of hydrogen-bond acceptors (Lipinski definition) is 12. The van der Waals surface area contributed by atoms with Gasteiger partial charge in [-0.15, -0.1) is 0 Å². The standard InChI is InChI=1S/C10H22O5.C8H18O3.C8H18O2.C7H16O2.CH4/c1-4-7(11)9(13)10(14)8(12)5-15-6(2)3;1-8(2)11-7-6-10-5-4-9-3;1-4-5-9-6-7-10-8(2)3;1-4-8-5-6-9-7(2)3;/h6-14H,4-5H2,1-3H3;8H,4-7H2,1-3H3;8H,4-7H2,1-3H3;7H,4-6H2,1-3H3;1H4. The molecular formula is C34H78O12. The number of methoxy groups -OCH3 is 1. The Morgan fingerprint density at radius 1 is 0.457 bits per heavy atom. The van der Waals surface area contributed by atoms with Gasteiger partial charge >= 0.3 is 0 Å². The first-order valence-electron chi connectivity index (χ1n) is 16.6. The molecule has 12 heteroatoms. The van der Waals surface area contributed by atoms with E-state index in [-0.39, 0.29) is 20.1 Å². The van der Waals surface area contributed by atoms with Crippen LogP contribution in [-0.2, 0) is 37.9 Å². The molecule has 0 amide bonds. The number of aliphatic hydroxyl groups is 4. The fourth-order valence-corrected chi connectivity index (χ4v) is 2.75. The Labute approximate surface area is 283 Å². The molecule has 0 spiro atoms. The number of aliphatic hydroxyl groups excluding tert-OH is 4. The SMILES string of the molecule is C.CCC(O)C(O)C(O)C(O)COC(C)C.CCCOCCOC(C)C.CCOCCOC(C)C.COCCOCCOC(C)C. The molecule has 46 heavy (non-hydrogen) atoms. The normalized spacial score (nSPS) is 13.6. The van der Waals surface area contributed by atoms with Crippen molar-refractivity contribution in [2.24, 2.45) is 0 Å². The van der Waals surface area contributed by atoms with E-state index in [0.29, 0.717) is 64.4 Å². The molecule has 12 nitrogen and oxygen atoms in total. The Morgan fingerprint density at radius 2 is 0.826 bits per heavy atom. The lowest BCUT2D eigenvalue weighted by Gasteiger charge is -2.26. The van der Waals surface area contributed by atoms with E-state index in [2.05, 4.69) is 6.92 Å². The van der Waals surface area contributed by atoms with E-state index in [0.717, 1.165) is 32.8 Å². The van der Waals surface area contributed by atoms with E-state index >= 15 is 0 Å². The van der Waals surface area contributed by atoms with Crippen LogP contribution in [0.4, 0.5) is 0 Å². The highest BCUT2D eigenvalue weighted by atomic mass is 16.5. The van der Waals surface area contributed by atoms with E-state index in [1.54, 1.807) is 27.9 Å². The second-order valence-electron chi connectivity index (χ2n) is 11.1. The molecule has 4 atom stereocenters. The molecule has 0 saturated heterocycles. The maximum atomic E-state index is 9.46. The van der Waals surface area contributed by atoms with Crippen LogP contribution in [0, 0.1) is 0 Å². The predicted molar refractivity (Wildman–Crippen MR) is 186 cm³/mol. The molecule has 4 N–H and O–H groups in total. The Kier molecular flexibility index (Phi) is 50.8. The summed E-state index contributed by atoms with van der Waals surface area (Å²) in [6.07, 6.45) is -2.67. The van der Waals surface area contributed by atoms with Crippen molar-refractivity contribution in [1.82, 2.24) is 0 Å². The summed E-state index contributed by atoms with van der Waals surface area (Å²) >= 11 is 0. The molecule has 0 aliphatic carbocycles. The second-order valence-corrected chi connectivity index (χ2v) is 11.1. The van der Waals surface area contributed by atoms with Crippen molar-refractivity contribution >= 4 is 0 Å². The fourth-order valence-electron chi connectivity index (χ4n) is 2.75. The molecule has 286 valence electrons. The maximum absolute atomic E-state index is 9.46. The lowest BCUT2D eigenvalue weighted by molar-refractivity contribution is -0.126. The van der Waals surface area contributed by atoms with E-state index in [1.807, 2.05) is 48.5 Å². The van der Waals surface area contributed by atoms with Crippen molar-refractivity contribution in [2.75, 3.05) is 79.8 Å². The van der Waals surface area contributed by atoms with E-state index in [1.165, 1.54) is 0 Å². The molecule has 0 fully saturated rings. The molecule has 0 saturated carbocycles. The zero-order valence-corrected chi connectivity index (χ0v) is 30.9. The molecule has 0 aromatic carbocycles. The van der Waals surface area contributed by atoms with Crippen LogP contribution in [-0.4, -0.2) is 149 Å². The highest BCUT2D eigenvalue weighted by molar-refractivity contribution is 4.80. The van der Waals surface area contributed by atoms with Crippen LogP contribution in [0.1, 0.15) is 96.4 Å². The first kappa shape index (κ1) is 55.0. The van der Waals surface area contributed by atoms with Gasteiger partial charge in [0.25, 0.3) is 0 Å². The first-order chi connectivity index (χ1) is 21.2. The summed E-state index contributed by atoms with van der Waals surface area (Å²) in [6.45, 7) is 28.5. The number of ether oxygens (including phenoxy) is 8. The van der Waals surface area contributed by atoms with E-state index in [9.17, 15) is 20.4 Å². The van der Waals surface area contributed by atoms with Crippen molar-refractivity contribution in [3.63, 3.8) is 0 Å². The molecule has 0 heterocycles. The van der Waals surface area contributed by atoms with Gasteiger partial charge in [0, 0.05) is 20.3 Å². The van der Waals surface area contributed by atoms with Gasteiger partial charge < -0.3 is 58.3 Å². The third kappa shape index (κ3) is 50.4. The zero-order valence-electron chi connectivity index (χ0n) is 30.9. The molecule has 0 aromatic rings. The Balaban J connectivity index is -0.000000164. The summed E-state index contributed by atoms with van der Waals surface area (Å²) in [5, 5.41) is 37.6. The van der Waals surface area contributed by atoms with Crippen molar-refractivity contribution in [1.29, 1.82) is 0 Å². The lowest BCUT2D eigenvalue weighted by atomic mass is 10.0. The smallest absolute Gasteiger partial charge is 0.110 e. The summed E-state index contributed by atoms with van der Waals surface area (Å²) in [6, 6.07) is 0. The van der Waals surface area contributed by atoms with Gasteiger partial charge in [0.1, 0.15) is 18.3 Å². The summed E-state index contributed by atoms with van der Waals surface area (Å²) < 4.78 is 41.1. The lowest BCUT2D eigenvalue weighted by Crippen LogP contribution is -2.46. The second kappa shape index (κ2) is 42.5. The highest BCUT2D eigenvalue weighted by Crippen LogP contribution is 2.08. The summed E-state index contributed by atoms with van der Waals surface area (Å²) in [5.74, 6) is 0. The summed E-state index contributed by atoms with van der Waals surface area (Å²) in [5.41, 5.74) is 0. The minimum Gasteiger partial charge on any atom is -0.390 e. The Bertz CT molecular complexity index is 524. The van der Waals surface area contributed by atoms with Gasteiger partial charge in [-0.1, -0.05) is 21.3 Å². The molecule has 0 aliphatic rings. The molecule has 0 rings (SSSR count). The first-order valence-corrected chi connectivity index (χ1v) is 16.6. The summed E-state index contributed by atoms with van der Waals surface area (Å²) in [4.78, 5) is 0. The van der Waals surface area contributed by atoms with Crippen LogP contribution < -0.4 is 0 Å². The van der Waals surface area contributed by atoms with Crippen molar-refractivity contribution in [3.05, 3.63) is 0 Å². The van der Waals surface area contributed by atoms with E-state index in [4.69, 9.17) is 37.9 Å². The molecule has 4 unspecified atom stereocenters. The monoisotopic (exact) mass is 679 g/mol. The average molecular weight is 679 g/mol. The quantitative estimate of drug-likeness (QED) is 0.102. The molecule has 0 aliphatic heterocycles. The number of rotatable bonds is 25. The zero-order chi connectivity index (χ0) is 35.5.